The van der Waals surface area contributed by atoms with Gasteiger partial charge in [0.15, 0.2) is 0 Å². The number of hydrogen-bond acceptors (Lipinski definition) is 4. The third-order valence-electron chi connectivity index (χ3n) is 2.94. The Balaban J connectivity index is 2.02. The third-order valence-corrected chi connectivity index (χ3v) is 6.46. The van der Waals surface area contributed by atoms with Crippen LogP contribution in [0.4, 0.5) is 0 Å². The molecule has 0 aromatic carbocycles. The molecule has 0 saturated carbocycles. The third kappa shape index (κ3) is 5.40. The topological polar surface area (TPSA) is 40.2 Å². The van der Waals surface area contributed by atoms with Crippen LogP contribution < -0.4 is 0 Å². The summed E-state index contributed by atoms with van der Waals surface area (Å²) in [6.45, 7) is 4.70. The summed E-state index contributed by atoms with van der Waals surface area (Å²) in [5.74, 6) is 0.0526. The van der Waals surface area contributed by atoms with Crippen molar-refractivity contribution in [3.63, 3.8) is 0 Å². The first kappa shape index (κ1) is 14.1. The molecule has 0 radical (unpaired) electrons. The van der Waals surface area contributed by atoms with E-state index >= 15 is 0 Å². The van der Waals surface area contributed by atoms with E-state index in [1.807, 2.05) is 0 Å². The van der Waals surface area contributed by atoms with Crippen LogP contribution in [-0.4, -0.2) is 54.9 Å². The van der Waals surface area contributed by atoms with Gasteiger partial charge >= 0.3 is 0 Å². The summed E-state index contributed by atoms with van der Waals surface area (Å²) in [5.41, 5.74) is 0. The van der Waals surface area contributed by atoms with Crippen molar-refractivity contribution in [3.8, 4) is 0 Å². The van der Waals surface area contributed by atoms with Crippen LogP contribution in [0.1, 0.15) is 13.3 Å². The summed E-state index contributed by atoms with van der Waals surface area (Å²) < 4.78 is 21.3. The highest BCUT2D eigenvalue weighted by molar-refractivity contribution is 6.59. The van der Waals surface area contributed by atoms with Gasteiger partial charge in [0.05, 0.1) is 13.2 Å². The van der Waals surface area contributed by atoms with Crippen molar-refractivity contribution in [1.29, 1.82) is 0 Å². The van der Waals surface area contributed by atoms with Gasteiger partial charge in [-0.1, -0.05) is 19.0 Å². The molecule has 0 aromatic heterocycles. The van der Waals surface area contributed by atoms with Gasteiger partial charge in [-0.05, 0) is 6.42 Å². The number of rotatable bonds is 10. The highest BCUT2D eigenvalue weighted by atomic mass is 28.3. The molecule has 0 N–H and O–H groups in total. The Labute approximate surface area is 99.8 Å². The lowest BCUT2D eigenvalue weighted by Gasteiger charge is -2.22. The molecule has 1 saturated heterocycles. The molecule has 0 spiro atoms. The lowest BCUT2D eigenvalue weighted by molar-refractivity contribution is -0.0476. The van der Waals surface area contributed by atoms with E-state index in [1.165, 1.54) is 12.1 Å². The number of methoxy groups -OCH3 is 2. The SMILES string of the molecule is CC[SiH](CCCOCC1CO1)C(OC)OC. The zero-order valence-corrected chi connectivity index (χ0v) is 11.8. The van der Waals surface area contributed by atoms with Crippen LogP contribution in [-0.2, 0) is 18.9 Å². The molecule has 0 bridgehead atoms. The van der Waals surface area contributed by atoms with Crippen LogP contribution in [0.2, 0.25) is 12.1 Å². The van der Waals surface area contributed by atoms with Gasteiger partial charge in [0.25, 0.3) is 0 Å². The molecule has 1 fully saturated rings. The molecular weight excluding hydrogens is 224 g/mol. The average Bonchev–Trinajstić information content (AvgIpc) is 3.11. The van der Waals surface area contributed by atoms with E-state index < -0.39 is 8.80 Å². The number of epoxide rings is 1. The summed E-state index contributed by atoms with van der Waals surface area (Å²) in [5, 5.41) is 0. The molecule has 4 nitrogen and oxygen atoms in total. The van der Waals surface area contributed by atoms with E-state index in [2.05, 4.69) is 6.92 Å². The number of ether oxygens (including phenoxy) is 4. The first-order chi connectivity index (χ1) is 7.81. The molecule has 0 aromatic rings. The summed E-state index contributed by atoms with van der Waals surface area (Å²) >= 11 is 0. The molecule has 16 heavy (non-hydrogen) atoms. The molecule has 1 aliphatic heterocycles. The Morgan fingerprint density at radius 2 is 2.06 bits per heavy atom. The first-order valence-corrected chi connectivity index (χ1v) is 8.36. The van der Waals surface area contributed by atoms with Crippen molar-refractivity contribution in [3.05, 3.63) is 0 Å². The molecule has 0 aliphatic carbocycles. The molecule has 2 unspecified atom stereocenters. The van der Waals surface area contributed by atoms with E-state index in [0.29, 0.717) is 6.10 Å². The van der Waals surface area contributed by atoms with Gasteiger partial charge in [0, 0.05) is 20.8 Å². The maximum atomic E-state index is 5.52. The maximum absolute atomic E-state index is 5.52. The monoisotopic (exact) mass is 248 g/mol. The molecule has 1 aliphatic rings. The molecule has 5 heteroatoms. The van der Waals surface area contributed by atoms with Crippen molar-refractivity contribution in [2.45, 2.75) is 37.5 Å². The fraction of sp³-hybridized carbons (Fsp3) is 1.00. The second-order valence-corrected chi connectivity index (χ2v) is 7.64. The van der Waals surface area contributed by atoms with E-state index in [1.54, 1.807) is 14.2 Å². The van der Waals surface area contributed by atoms with Gasteiger partial charge in [0.1, 0.15) is 20.8 Å². The van der Waals surface area contributed by atoms with Crippen molar-refractivity contribution in [2.24, 2.45) is 0 Å². The van der Waals surface area contributed by atoms with Gasteiger partial charge in [-0.3, -0.25) is 0 Å². The Kier molecular flexibility index (Phi) is 7.23. The van der Waals surface area contributed by atoms with Crippen LogP contribution >= 0.6 is 0 Å². The summed E-state index contributed by atoms with van der Waals surface area (Å²) in [7, 11) is 2.52. The molecule has 1 heterocycles. The van der Waals surface area contributed by atoms with Crippen LogP contribution in [0.25, 0.3) is 0 Å². The maximum Gasteiger partial charge on any atom is 0.137 e. The van der Waals surface area contributed by atoms with E-state index in [9.17, 15) is 0 Å². The van der Waals surface area contributed by atoms with Crippen molar-refractivity contribution < 1.29 is 18.9 Å². The predicted octanol–water partition coefficient (Wildman–Crippen LogP) is 1.20. The van der Waals surface area contributed by atoms with E-state index in [-0.39, 0.29) is 5.91 Å². The van der Waals surface area contributed by atoms with Crippen molar-refractivity contribution in [2.75, 3.05) is 34.0 Å². The van der Waals surface area contributed by atoms with Gasteiger partial charge < -0.3 is 18.9 Å². The van der Waals surface area contributed by atoms with Crippen molar-refractivity contribution >= 4 is 8.80 Å². The van der Waals surface area contributed by atoms with Gasteiger partial charge in [-0.25, -0.2) is 0 Å². The van der Waals surface area contributed by atoms with Crippen LogP contribution in [0, 0.1) is 0 Å². The average molecular weight is 248 g/mol. The summed E-state index contributed by atoms with van der Waals surface area (Å²) in [4.78, 5) is 0. The van der Waals surface area contributed by atoms with Gasteiger partial charge in [-0.2, -0.15) is 0 Å². The standard InChI is InChI=1S/C11H24O4Si/c1-4-16(11(12-2)13-3)7-5-6-14-8-10-9-15-10/h10-11,16H,4-9H2,1-3H3. The Hall–Kier alpha value is 0.0569. The minimum atomic E-state index is -0.935. The lowest BCUT2D eigenvalue weighted by Crippen LogP contribution is -2.33. The Morgan fingerprint density at radius 1 is 1.38 bits per heavy atom. The molecule has 1 rings (SSSR count). The molecule has 0 amide bonds. The van der Waals surface area contributed by atoms with E-state index in [0.717, 1.165) is 26.2 Å². The van der Waals surface area contributed by atoms with Crippen molar-refractivity contribution in [1.82, 2.24) is 0 Å². The highest BCUT2D eigenvalue weighted by Crippen LogP contribution is 2.12. The van der Waals surface area contributed by atoms with Gasteiger partial charge in [0.2, 0.25) is 0 Å². The van der Waals surface area contributed by atoms with Crippen LogP contribution in [0.5, 0.6) is 0 Å². The Morgan fingerprint density at radius 3 is 2.56 bits per heavy atom. The predicted molar refractivity (Wildman–Crippen MR) is 65.4 cm³/mol. The summed E-state index contributed by atoms with van der Waals surface area (Å²) in [6.07, 6.45) is 1.49. The van der Waals surface area contributed by atoms with Gasteiger partial charge in [-0.15, -0.1) is 0 Å². The first-order valence-electron chi connectivity index (χ1n) is 6.06. The second-order valence-electron chi connectivity index (χ2n) is 4.18. The molecular formula is C11H24O4Si. The normalized spacial score (nSPS) is 21.4. The fourth-order valence-corrected chi connectivity index (χ4v) is 4.37. The molecule has 2 atom stereocenters. The second kappa shape index (κ2) is 8.19. The lowest BCUT2D eigenvalue weighted by atomic mass is 10.5. The minimum absolute atomic E-state index is 0.0526. The highest BCUT2D eigenvalue weighted by Gasteiger charge is 2.23. The van der Waals surface area contributed by atoms with Crippen LogP contribution in [0.15, 0.2) is 0 Å². The molecule has 96 valence electrons. The van der Waals surface area contributed by atoms with E-state index in [4.69, 9.17) is 18.9 Å². The zero-order chi connectivity index (χ0) is 11.8. The Bertz CT molecular complexity index is 171. The largest absolute Gasteiger partial charge is 0.379 e. The van der Waals surface area contributed by atoms with Crippen LogP contribution in [0.3, 0.4) is 0 Å². The zero-order valence-electron chi connectivity index (χ0n) is 10.6. The number of hydrogen-bond donors (Lipinski definition) is 0. The quantitative estimate of drug-likeness (QED) is 0.252. The fourth-order valence-electron chi connectivity index (χ4n) is 1.84. The minimum Gasteiger partial charge on any atom is -0.379 e. The smallest absolute Gasteiger partial charge is 0.137 e. The summed E-state index contributed by atoms with van der Waals surface area (Å²) in [6, 6.07) is 2.42.